The highest BCUT2D eigenvalue weighted by Gasteiger charge is 2.41. The van der Waals surface area contributed by atoms with Gasteiger partial charge in [0.1, 0.15) is 0 Å². The third kappa shape index (κ3) is 2.98. The van der Waals surface area contributed by atoms with Crippen molar-refractivity contribution < 1.29 is 23.1 Å². The maximum absolute atomic E-state index is 11.9. The van der Waals surface area contributed by atoms with Crippen molar-refractivity contribution in [2.45, 2.75) is 17.7 Å². The minimum absolute atomic E-state index is 0.110. The average Bonchev–Trinajstić information content (AvgIpc) is 2.25. The van der Waals surface area contributed by atoms with Crippen LogP contribution in [-0.4, -0.2) is 31.7 Å². The van der Waals surface area contributed by atoms with Crippen molar-refractivity contribution in [3.05, 3.63) is 24.3 Å². The third-order valence-electron chi connectivity index (χ3n) is 3.46. The maximum atomic E-state index is 11.9. The summed E-state index contributed by atoms with van der Waals surface area (Å²) in [6.45, 7) is 0. The van der Waals surface area contributed by atoms with Crippen molar-refractivity contribution in [2.75, 3.05) is 11.6 Å². The van der Waals surface area contributed by atoms with Crippen LogP contribution < -0.4 is 5.32 Å². The molecule has 1 aliphatic carbocycles. The summed E-state index contributed by atoms with van der Waals surface area (Å²) < 4.78 is 22.8. The van der Waals surface area contributed by atoms with Crippen LogP contribution in [0.5, 0.6) is 0 Å². The van der Waals surface area contributed by atoms with Gasteiger partial charge in [-0.05, 0) is 31.0 Å². The number of aliphatic carboxylic acids is 1. The second-order valence-corrected chi connectivity index (χ2v) is 6.93. The van der Waals surface area contributed by atoms with Gasteiger partial charge in [0, 0.05) is 11.9 Å². The fraction of sp³-hybridized carbons (Fsp3) is 0.385. The van der Waals surface area contributed by atoms with Gasteiger partial charge in [-0.2, -0.15) is 0 Å². The molecule has 0 saturated heterocycles. The van der Waals surface area contributed by atoms with E-state index in [4.69, 9.17) is 5.11 Å². The minimum Gasteiger partial charge on any atom is -0.481 e. The second kappa shape index (κ2) is 5.24. The second-order valence-electron chi connectivity index (χ2n) is 4.92. The topological polar surface area (TPSA) is 101 Å². The number of sulfone groups is 1. The maximum Gasteiger partial charge on any atom is 0.307 e. The largest absolute Gasteiger partial charge is 0.481 e. The summed E-state index contributed by atoms with van der Waals surface area (Å²) in [5.41, 5.74) is 0.356. The lowest BCUT2D eigenvalue weighted by Gasteiger charge is -2.31. The summed E-state index contributed by atoms with van der Waals surface area (Å²) in [7, 11) is -3.34. The molecule has 1 aliphatic rings. The summed E-state index contributed by atoms with van der Waals surface area (Å²) in [5.74, 6) is -2.54. The van der Waals surface area contributed by atoms with E-state index < -0.39 is 27.6 Å². The Hall–Kier alpha value is -1.89. The highest BCUT2D eigenvalue weighted by atomic mass is 32.2. The Morgan fingerprint density at radius 2 is 1.90 bits per heavy atom. The number of carboxylic acid groups (broad SMARTS) is 1. The SMILES string of the molecule is CS(=O)(=O)c1cccc(NC(=O)C2CCC2C(=O)O)c1. The Morgan fingerprint density at radius 1 is 1.25 bits per heavy atom. The van der Waals surface area contributed by atoms with Crippen LogP contribution in [0.2, 0.25) is 0 Å². The zero-order valence-corrected chi connectivity index (χ0v) is 11.7. The fourth-order valence-electron chi connectivity index (χ4n) is 2.15. The number of carboxylic acids is 1. The van der Waals surface area contributed by atoms with E-state index in [-0.39, 0.29) is 10.8 Å². The van der Waals surface area contributed by atoms with Crippen LogP contribution >= 0.6 is 0 Å². The molecular weight excluding hydrogens is 282 g/mol. The molecule has 2 N–H and O–H groups in total. The lowest BCUT2D eigenvalue weighted by molar-refractivity contribution is -0.151. The molecule has 2 rings (SSSR count). The van der Waals surface area contributed by atoms with Crippen LogP contribution in [-0.2, 0) is 19.4 Å². The van der Waals surface area contributed by atoms with Crippen molar-refractivity contribution in [3.63, 3.8) is 0 Å². The van der Waals surface area contributed by atoms with Gasteiger partial charge >= 0.3 is 5.97 Å². The first-order chi connectivity index (χ1) is 9.29. The zero-order chi connectivity index (χ0) is 14.9. The predicted molar refractivity (Wildman–Crippen MR) is 72.0 cm³/mol. The van der Waals surface area contributed by atoms with Crippen molar-refractivity contribution in [1.82, 2.24) is 0 Å². The Morgan fingerprint density at radius 3 is 2.40 bits per heavy atom. The highest BCUT2D eigenvalue weighted by Crippen LogP contribution is 2.35. The number of amides is 1. The average molecular weight is 297 g/mol. The molecule has 0 heterocycles. The van der Waals surface area contributed by atoms with E-state index in [9.17, 15) is 18.0 Å². The molecule has 7 heteroatoms. The van der Waals surface area contributed by atoms with Crippen molar-refractivity contribution in [1.29, 1.82) is 0 Å². The smallest absolute Gasteiger partial charge is 0.307 e. The highest BCUT2D eigenvalue weighted by molar-refractivity contribution is 7.90. The van der Waals surface area contributed by atoms with E-state index >= 15 is 0 Å². The Bertz CT molecular complexity index is 652. The van der Waals surface area contributed by atoms with Gasteiger partial charge in [0.05, 0.1) is 16.7 Å². The van der Waals surface area contributed by atoms with E-state index in [0.29, 0.717) is 18.5 Å². The van der Waals surface area contributed by atoms with Gasteiger partial charge in [-0.1, -0.05) is 6.07 Å². The molecule has 0 aliphatic heterocycles. The normalized spacial score (nSPS) is 21.9. The molecule has 0 radical (unpaired) electrons. The van der Waals surface area contributed by atoms with E-state index in [1.807, 2.05) is 0 Å². The molecule has 1 fully saturated rings. The first kappa shape index (κ1) is 14.5. The Balaban J connectivity index is 2.11. The van der Waals surface area contributed by atoms with E-state index in [2.05, 4.69) is 5.32 Å². The van der Waals surface area contributed by atoms with E-state index in [1.54, 1.807) is 6.07 Å². The first-order valence-corrected chi connectivity index (χ1v) is 8.02. The van der Waals surface area contributed by atoms with Gasteiger partial charge in [0.2, 0.25) is 5.91 Å². The molecule has 2 atom stereocenters. The van der Waals surface area contributed by atoms with Crippen LogP contribution in [0.15, 0.2) is 29.2 Å². The predicted octanol–water partition coefficient (Wildman–Crippen LogP) is 1.14. The van der Waals surface area contributed by atoms with E-state index in [1.165, 1.54) is 18.2 Å². The molecule has 1 aromatic rings. The van der Waals surface area contributed by atoms with Gasteiger partial charge < -0.3 is 10.4 Å². The summed E-state index contributed by atoms with van der Waals surface area (Å²) in [5, 5.41) is 11.5. The number of nitrogens with one attached hydrogen (secondary N) is 1. The monoisotopic (exact) mass is 297 g/mol. The van der Waals surface area contributed by atoms with E-state index in [0.717, 1.165) is 6.26 Å². The number of carbonyl (C=O) groups excluding carboxylic acids is 1. The van der Waals surface area contributed by atoms with Gasteiger partial charge in [0.25, 0.3) is 0 Å². The summed E-state index contributed by atoms with van der Waals surface area (Å²) in [6.07, 6.45) is 2.12. The molecule has 6 nitrogen and oxygen atoms in total. The lowest BCUT2D eigenvalue weighted by atomic mass is 9.73. The number of hydrogen-bond donors (Lipinski definition) is 2. The quantitative estimate of drug-likeness (QED) is 0.868. The molecular formula is C13H15NO5S. The van der Waals surface area contributed by atoms with Crippen molar-refractivity contribution in [2.24, 2.45) is 11.8 Å². The summed E-state index contributed by atoms with van der Waals surface area (Å²) in [4.78, 5) is 22.9. The molecule has 2 unspecified atom stereocenters. The lowest BCUT2D eigenvalue weighted by Crippen LogP contribution is -2.41. The molecule has 1 saturated carbocycles. The van der Waals surface area contributed by atoms with Crippen LogP contribution in [0.3, 0.4) is 0 Å². The van der Waals surface area contributed by atoms with Crippen LogP contribution in [0.4, 0.5) is 5.69 Å². The van der Waals surface area contributed by atoms with Crippen LogP contribution in [0.25, 0.3) is 0 Å². The van der Waals surface area contributed by atoms with Crippen molar-refractivity contribution in [3.8, 4) is 0 Å². The Kier molecular flexibility index (Phi) is 3.80. The zero-order valence-electron chi connectivity index (χ0n) is 10.9. The minimum atomic E-state index is -3.34. The fourth-order valence-corrected chi connectivity index (χ4v) is 2.82. The molecule has 1 amide bonds. The number of hydrogen-bond acceptors (Lipinski definition) is 4. The number of anilines is 1. The van der Waals surface area contributed by atoms with Gasteiger partial charge in [-0.3, -0.25) is 9.59 Å². The Labute approximate surface area is 116 Å². The standard InChI is InChI=1S/C13H15NO5S/c1-20(18,19)9-4-2-3-8(7-9)14-12(15)10-5-6-11(10)13(16)17/h2-4,7,10-11H,5-6H2,1H3,(H,14,15)(H,16,17). The third-order valence-corrected chi connectivity index (χ3v) is 4.57. The summed E-state index contributed by atoms with van der Waals surface area (Å²) in [6, 6.07) is 5.90. The number of carbonyl (C=O) groups is 2. The molecule has 0 bridgehead atoms. The first-order valence-electron chi connectivity index (χ1n) is 6.13. The molecule has 108 valence electrons. The summed E-state index contributed by atoms with van der Waals surface area (Å²) >= 11 is 0. The van der Waals surface area contributed by atoms with Gasteiger partial charge in [-0.25, -0.2) is 8.42 Å². The van der Waals surface area contributed by atoms with Crippen LogP contribution in [0, 0.1) is 11.8 Å². The number of benzene rings is 1. The van der Waals surface area contributed by atoms with Gasteiger partial charge in [0.15, 0.2) is 9.84 Å². The van der Waals surface area contributed by atoms with Crippen molar-refractivity contribution >= 4 is 27.4 Å². The molecule has 0 aromatic heterocycles. The molecule has 20 heavy (non-hydrogen) atoms. The molecule has 1 aromatic carbocycles. The number of rotatable bonds is 4. The molecule has 0 spiro atoms. The van der Waals surface area contributed by atoms with Gasteiger partial charge in [-0.15, -0.1) is 0 Å². The van der Waals surface area contributed by atoms with Crippen LogP contribution in [0.1, 0.15) is 12.8 Å².